The number of rotatable bonds is 8. The molecule has 0 unspecified atom stereocenters. The van der Waals surface area contributed by atoms with Crippen LogP contribution < -0.4 is 0 Å². The van der Waals surface area contributed by atoms with Crippen molar-refractivity contribution in [2.24, 2.45) is 0 Å². The Labute approximate surface area is 176 Å². The van der Waals surface area contributed by atoms with E-state index >= 15 is 0 Å². The minimum atomic E-state index is 0.739. The zero-order valence-corrected chi connectivity index (χ0v) is 23.4. The molecule has 0 radical (unpaired) electrons. The van der Waals surface area contributed by atoms with E-state index in [1.165, 1.54) is 21.3 Å². The molecule has 0 fully saturated rings. The van der Waals surface area contributed by atoms with Gasteiger partial charge >= 0.3 is 179 Å². The van der Waals surface area contributed by atoms with Crippen LogP contribution >= 0.6 is 45.2 Å². The fourth-order valence-corrected chi connectivity index (χ4v) is 11.6. The van der Waals surface area contributed by atoms with E-state index in [2.05, 4.69) is 68.5 Å². The molecule has 0 N–H and O–H groups in total. The summed E-state index contributed by atoms with van der Waals surface area (Å²) in [6.07, 6.45) is 0. The van der Waals surface area contributed by atoms with Crippen LogP contribution in [-0.4, -0.2) is 59.8 Å². The summed E-state index contributed by atoms with van der Waals surface area (Å²) in [5, 5.41) is 5.31. The minimum absolute atomic E-state index is 0.739. The van der Waals surface area contributed by atoms with E-state index in [1.807, 2.05) is 0 Å². The van der Waals surface area contributed by atoms with Crippen LogP contribution in [0.3, 0.4) is 0 Å². The maximum absolute atomic E-state index is 2.67. The number of hydrogen-bond acceptors (Lipinski definition) is 0. The topological polar surface area (TPSA) is 0 Å². The van der Waals surface area contributed by atoms with E-state index in [1.54, 1.807) is 29.4 Å². The van der Waals surface area contributed by atoms with Gasteiger partial charge in [-0.25, -0.2) is 0 Å². The van der Waals surface area contributed by atoms with E-state index in [-0.39, 0.29) is 0 Å². The summed E-state index contributed by atoms with van der Waals surface area (Å²) in [6.45, 7) is 0. The molecule has 0 spiro atoms. The normalized spacial score (nSPS) is 11.1. The van der Waals surface area contributed by atoms with Crippen molar-refractivity contribution < 1.29 is 0 Å². The van der Waals surface area contributed by atoms with Gasteiger partial charge in [0.05, 0.1) is 0 Å². The Morgan fingerprint density at radius 3 is 0.900 bits per heavy atom. The summed E-state index contributed by atoms with van der Waals surface area (Å²) in [7, 11) is 0. The van der Waals surface area contributed by atoms with Gasteiger partial charge in [0.15, 0.2) is 0 Å². The molecule has 0 aliphatic carbocycles. The van der Waals surface area contributed by atoms with Gasteiger partial charge in [-0.15, -0.1) is 0 Å². The number of benzene rings is 1. The summed E-state index contributed by atoms with van der Waals surface area (Å²) in [5.41, 5.74) is 6.86. The van der Waals surface area contributed by atoms with Gasteiger partial charge in [-0.2, -0.15) is 0 Å². The monoisotopic (exact) mass is 762 g/mol. The standard InChI is InChI=1S/C14H20I2Se4/c1-17-5-9-10(6-18-2)14(16)12(8-20-4)11(7-19-3)13(9)15/h5-8H2,1-4H3. The van der Waals surface area contributed by atoms with Crippen molar-refractivity contribution in [3.63, 3.8) is 0 Å². The molecule has 1 aromatic rings. The maximum atomic E-state index is 2.67. The molecule has 0 aromatic heterocycles. The van der Waals surface area contributed by atoms with Crippen LogP contribution in [0.5, 0.6) is 0 Å². The fourth-order valence-electron chi connectivity index (χ4n) is 2.07. The van der Waals surface area contributed by atoms with Crippen LogP contribution in [0.4, 0.5) is 0 Å². The first-order valence-electron chi connectivity index (χ1n) is 6.08. The van der Waals surface area contributed by atoms with Gasteiger partial charge in [-0.1, -0.05) is 0 Å². The molecule has 0 heterocycles. The Balaban J connectivity index is 3.50. The molecule has 0 bridgehead atoms. The molecule has 1 aromatic carbocycles. The summed E-state index contributed by atoms with van der Waals surface area (Å²) >= 11 is 8.29. The third kappa shape index (κ3) is 5.39. The second-order valence-electron chi connectivity index (χ2n) is 4.27. The number of halogens is 2. The van der Waals surface area contributed by atoms with Crippen LogP contribution in [0.2, 0.25) is 23.3 Å². The third-order valence-electron chi connectivity index (χ3n) is 2.94. The Kier molecular flexibility index (Phi) is 11.8. The van der Waals surface area contributed by atoms with E-state index in [0.29, 0.717) is 0 Å². The van der Waals surface area contributed by atoms with Crippen LogP contribution in [0.25, 0.3) is 0 Å². The zero-order chi connectivity index (χ0) is 15.1. The summed E-state index contributed by atoms with van der Waals surface area (Å²) in [4.78, 5) is 0. The van der Waals surface area contributed by atoms with Crippen molar-refractivity contribution in [2.45, 2.75) is 44.6 Å². The van der Waals surface area contributed by atoms with Crippen molar-refractivity contribution in [2.75, 3.05) is 0 Å². The molecule has 0 saturated carbocycles. The summed E-state index contributed by atoms with van der Waals surface area (Å²) < 4.78 is 3.27. The van der Waals surface area contributed by atoms with E-state index in [0.717, 1.165) is 59.8 Å². The van der Waals surface area contributed by atoms with Crippen LogP contribution in [0.1, 0.15) is 22.3 Å². The quantitative estimate of drug-likeness (QED) is 0.279. The molecule has 6 heteroatoms. The van der Waals surface area contributed by atoms with Crippen molar-refractivity contribution in [1.29, 1.82) is 0 Å². The van der Waals surface area contributed by atoms with Gasteiger partial charge in [-0.05, 0) is 0 Å². The number of hydrogen-bond donors (Lipinski definition) is 0. The van der Waals surface area contributed by atoms with Crippen LogP contribution in [-0.2, 0) is 21.3 Å². The van der Waals surface area contributed by atoms with Gasteiger partial charge in [0.1, 0.15) is 0 Å². The molecule has 1 rings (SSSR count). The Morgan fingerprint density at radius 2 is 0.750 bits per heavy atom. The summed E-state index contributed by atoms with van der Waals surface area (Å²) in [6, 6.07) is 0. The summed E-state index contributed by atoms with van der Waals surface area (Å²) in [5.74, 6) is 9.51. The molecular formula is C14H20I2Se4. The first kappa shape index (κ1) is 20.8. The molecule has 0 atom stereocenters. The van der Waals surface area contributed by atoms with E-state index < -0.39 is 0 Å². The molecule has 0 aliphatic rings. The van der Waals surface area contributed by atoms with Crippen molar-refractivity contribution >= 4 is 105 Å². The predicted octanol–water partition coefficient (Wildman–Crippen LogP) is 3.91. The second-order valence-corrected chi connectivity index (χ2v) is 13.7. The molecular weight excluding hydrogens is 738 g/mol. The average molecular weight is 758 g/mol. The Hall–Kier alpha value is 2.76. The Bertz CT molecular complexity index is 371. The molecule has 0 saturated heterocycles. The molecule has 0 amide bonds. The van der Waals surface area contributed by atoms with E-state index in [9.17, 15) is 0 Å². The molecule has 114 valence electrons. The molecule has 0 aliphatic heterocycles. The van der Waals surface area contributed by atoms with Crippen molar-refractivity contribution in [3.05, 3.63) is 29.4 Å². The second kappa shape index (κ2) is 11.3. The first-order chi connectivity index (χ1) is 9.62. The predicted molar refractivity (Wildman–Crippen MR) is 113 cm³/mol. The molecule has 20 heavy (non-hydrogen) atoms. The molecule has 0 nitrogen and oxygen atoms in total. The van der Waals surface area contributed by atoms with Crippen LogP contribution in [0.15, 0.2) is 0 Å². The van der Waals surface area contributed by atoms with Gasteiger partial charge in [0.25, 0.3) is 0 Å². The zero-order valence-electron chi connectivity index (χ0n) is 12.2. The van der Waals surface area contributed by atoms with Gasteiger partial charge in [0, 0.05) is 0 Å². The van der Waals surface area contributed by atoms with Crippen molar-refractivity contribution in [3.8, 4) is 0 Å². The average Bonchev–Trinajstić information content (AvgIpc) is 2.44. The fraction of sp³-hybridized carbons (Fsp3) is 0.571. The van der Waals surface area contributed by atoms with Crippen molar-refractivity contribution in [1.82, 2.24) is 0 Å². The van der Waals surface area contributed by atoms with E-state index in [4.69, 9.17) is 0 Å². The SMILES string of the molecule is C[Se]Cc1c(I)c(C[Se]C)c(C[Se]C)c(I)c1C[Se]C. The van der Waals surface area contributed by atoms with Gasteiger partial charge in [0.2, 0.25) is 0 Å². The van der Waals surface area contributed by atoms with Crippen LogP contribution in [0, 0.1) is 7.14 Å². The first-order valence-corrected chi connectivity index (χ1v) is 19.9. The van der Waals surface area contributed by atoms with Gasteiger partial charge < -0.3 is 0 Å². The Morgan fingerprint density at radius 1 is 0.550 bits per heavy atom. The third-order valence-corrected chi connectivity index (χ3v) is 10.4. The van der Waals surface area contributed by atoms with Gasteiger partial charge in [-0.3, -0.25) is 0 Å².